The predicted octanol–water partition coefficient (Wildman–Crippen LogP) is 2.22. The normalized spacial score (nSPS) is 12.1. The van der Waals surface area contributed by atoms with E-state index in [2.05, 4.69) is 5.16 Å². The predicted molar refractivity (Wildman–Crippen MR) is 59.6 cm³/mol. The minimum absolute atomic E-state index is 0.0143. The molecule has 0 aromatic heterocycles. The Hall–Kier alpha value is -1.40. The molecule has 0 bridgehead atoms. The van der Waals surface area contributed by atoms with Gasteiger partial charge in [-0.1, -0.05) is 28.9 Å². The molecule has 1 aromatic carbocycles. The first-order chi connectivity index (χ1) is 8.04. The molecule has 7 heteroatoms. The smallest absolute Gasteiger partial charge is 0.261 e. The van der Waals surface area contributed by atoms with E-state index in [1.54, 1.807) is 12.1 Å². The third-order valence-corrected chi connectivity index (χ3v) is 2.31. The van der Waals surface area contributed by atoms with Crippen LogP contribution >= 0.6 is 11.6 Å². The number of halogens is 3. The summed E-state index contributed by atoms with van der Waals surface area (Å²) in [5.74, 6) is -0.0769. The van der Waals surface area contributed by atoms with Crippen LogP contribution in [-0.2, 0) is 11.3 Å². The molecule has 0 spiro atoms. The number of rotatable bonds is 5. The van der Waals surface area contributed by atoms with Crippen LogP contribution in [0.2, 0.25) is 5.02 Å². The zero-order valence-electron chi connectivity index (χ0n) is 8.74. The third kappa shape index (κ3) is 4.16. The fraction of sp³-hybridized carbons (Fsp3) is 0.300. The van der Waals surface area contributed by atoms with Crippen molar-refractivity contribution in [1.82, 2.24) is 0 Å². The number of oxime groups is 1. The maximum absolute atomic E-state index is 11.8. The van der Waals surface area contributed by atoms with Gasteiger partial charge < -0.3 is 15.7 Å². The average Bonchev–Trinajstić information content (AvgIpc) is 2.29. The van der Waals surface area contributed by atoms with Gasteiger partial charge in [-0.15, -0.1) is 0 Å². The van der Waals surface area contributed by atoms with Gasteiger partial charge in [0.2, 0.25) is 0 Å². The molecule has 0 aliphatic heterocycles. The highest BCUT2D eigenvalue weighted by molar-refractivity contribution is 6.31. The van der Waals surface area contributed by atoms with Crippen LogP contribution in [0, 0.1) is 0 Å². The number of hydrogen-bond acceptors (Lipinski definition) is 3. The Morgan fingerprint density at radius 1 is 1.53 bits per heavy atom. The van der Waals surface area contributed by atoms with Crippen molar-refractivity contribution < 1.29 is 18.7 Å². The number of benzene rings is 1. The lowest BCUT2D eigenvalue weighted by Crippen LogP contribution is -2.13. The van der Waals surface area contributed by atoms with Crippen LogP contribution in [0.3, 0.4) is 0 Å². The van der Waals surface area contributed by atoms with E-state index in [-0.39, 0.29) is 12.4 Å². The van der Waals surface area contributed by atoms with Gasteiger partial charge in [-0.2, -0.15) is 0 Å². The Balaban J connectivity index is 2.70. The van der Waals surface area contributed by atoms with Gasteiger partial charge in [0.1, 0.15) is 6.61 Å². The highest BCUT2D eigenvalue weighted by Crippen LogP contribution is 2.19. The Kier molecular flexibility index (Phi) is 5.11. The minimum Gasteiger partial charge on any atom is -0.409 e. The van der Waals surface area contributed by atoms with E-state index in [9.17, 15) is 8.78 Å². The molecule has 0 atom stereocenters. The molecular weight excluding hydrogens is 254 g/mol. The molecule has 3 N–H and O–H groups in total. The molecular formula is C10H11ClF2N2O2. The van der Waals surface area contributed by atoms with E-state index in [0.29, 0.717) is 16.1 Å². The number of amidine groups is 1. The third-order valence-electron chi connectivity index (χ3n) is 1.96. The molecule has 0 radical (unpaired) electrons. The Morgan fingerprint density at radius 2 is 2.24 bits per heavy atom. The fourth-order valence-electron chi connectivity index (χ4n) is 1.14. The van der Waals surface area contributed by atoms with Crippen LogP contribution in [0.5, 0.6) is 0 Å². The highest BCUT2D eigenvalue weighted by atomic mass is 35.5. The van der Waals surface area contributed by atoms with E-state index in [1.165, 1.54) is 6.07 Å². The molecule has 1 aromatic rings. The molecule has 17 heavy (non-hydrogen) atoms. The lowest BCUT2D eigenvalue weighted by molar-refractivity contribution is 0.00990. The summed E-state index contributed by atoms with van der Waals surface area (Å²) < 4.78 is 28.4. The highest BCUT2D eigenvalue weighted by Gasteiger charge is 2.07. The van der Waals surface area contributed by atoms with Gasteiger partial charge >= 0.3 is 0 Å². The summed E-state index contributed by atoms with van der Waals surface area (Å²) in [6.07, 6.45) is -2.51. The maximum atomic E-state index is 11.8. The quantitative estimate of drug-likeness (QED) is 0.371. The number of ether oxygens (including phenoxy) is 1. The van der Waals surface area contributed by atoms with Crippen molar-refractivity contribution in [1.29, 1.82) is 0 Å². The molecule has 0 fully saturated rings. The summed E-state index contributed by atoms with van der Waals surface area (Å²) in [5.41, 5.74) is 6.36. The number of alkyl halides is 2. The van der Waals surface area contributed by atoms with Crippen molar-refractivity contribution in [2.45, 2.75) is 13.0 Å². The van der Waals surface area contributed by atoms with Crippen molar-refractivity contribution >= 4 is 17.4 Å². The van der Waals surface area contributed by atoms with Gasteiger partial charge in [-0.3, -0.25) is 0 Å². The summed E-state index contributed by atoms with van der Waals surface area (Å²) in [6, 6.07) is 4.60. The molecule has 94 valence electrons. The van der Waals surface area contributed by atoms with E-state index in [4.69, 9.17) is 27.3 Å². The van der Waals surface area contributed by atoms with Gasteiger partial charge in [0.15, 0.2) is 5.84 Å². The zero-order chi connectivity index (χ0) is 12.8. The van der Waals surface area contributed by atoms with Crippen LogP contribution in [0.4, 0.5) is 8.78 Å². The molecule has 4 nitrogen and oxygen atoms in total. The maximum Gasteiger partial charge on any atom is 0.261 e. The van der Waals surface area contributed by atoms with Crippen molar-refractivity contribution in [3.05, 3.63) is 34.3 Å². The van der Waals surface area contributed by atoms with Crippen LogP contribution in [0.15, 0.2) is 23.4 Å². The molecule has 0 saturated carbocycles. The minimum atomic E-state index is -2.51. The first-order valence-electron chi connectivity index (χ1n) is 4.66. The van der Waals surface area contributed by atoms with Gasteiger partial charge in [0.25, 0.3) is 6.43 Å². The molecule has 0 amide bonds. The second kappa shape index (κ2) is 6.36. The summed E-state index contributed by atoms with van der Waals surface area (Å²) in [5, 5.41) is 11.6. The fourth-order valence-corrected chi connectivity index (χ4v) is 1.37. The Labute approximate surface area is 102 Å². The second-order valence-corrected chi connectivity index (χ2v) is 3.60. The summed E-state index contributed by atoms with van der Waals surface area (Å²) in [6.45, 7) is -0.655. The molecule has 0 aliphatic rings. The van der Waals surface area contributed by atoms with Crippen molar-refractivity contribution in [2.24, 2.45) is 10.9 Å². The average molecular weight is 265 g/mol. The molecule has 0 aliphatic carbocycles. The number of hydrogen-bond donors (Lipinski definition) is 2. The van der Waals surface area contributed by atoms with E-state index in [0.717, 1.165) is 0 Å². The molecule has 1 rings (SSSR count). The second-order valence-electron chi connectivity index (χ2n) is 3.20. The molecule has 0 saturated heterocycles. The topological polar surface area (TPSA) is 67.8 Å². The summed E-state index contributed by atoms with van der Waals surface area (Å²) in [7, 11) is 0. The number of nitrogens with zero attached hydrogens (tertiary/aromatic N) is 1. The standard InChI is InChI=1S/C10H11ClF2N2O2/c11-8-3-6(10(14)15-16)1-2-7(8)4-17-5-9(12)13/h1-3,9,16H,4-5H2,(H2,14,15). The van der Waals surface area contributed by atoms with Crippen LogP contribution in [-0.4, -0.2) is 24.1 Å². The Morgan fingerprint density at radius 3 is 2.76 bits per heavy atom. The largest absolute Gasteiger partial charge is 0.409 e. The zero-order valence-corrected chi connectivity index (χ0v) is 9.49. The Bertz CT molecular complexity index is 413. The van der Waals surface area contributed by atoms with Crippen LogP contribution in [0.1, 0.15) is 11.1 Å². The summed E-state index contributed by atoms with van der Waals surface area (Å²) in [4.78, 5) is 0. The van der Waals surface area contributed by atoms with Crippen LogP contribution in [0.25, 0.3) is 0 Å². The first-order valence-corrected chi connectivity index (χ1v) is 5.04. The first kappa shape index (κ1) is 13.7. The van der Waals surface area contributed by atoms with E-state index >= 15 is 0 Å². The van der Waals surface area contributed by atoms with Crippen molar-refractivity contribution in [3.63, 3.8) is 0 Å². The molecule has 0 heterocycles. The van der Waals surface area contributed by atoms with Crippen molar-refractivity contribution in [3.8, 4) is 0 Å². The van der Waals surface area contributed by atoms with Crippen LogP contribution < -0.4 is 5.73 Å². The van der Waals surface area contributed by atoms with Gasteiger partial charge in [-0.05, 0) is 11.6 Å². The monoisotopic (exact) mass is 264 g/mol. The molecule has 0 unspecified atom stereocenters. The summed E-state index contributed by atoms with van der Waals surface area (Å²) >= 11 is 5.89. The van der Waals surface area contributed by atoms with Crippen molar-refractivity contribution in [2.75, 3.05) is 6.61 Å². The lowest BCUT2D eigenvalue weighted by atomic mass is 10.1. The lowest BCUT2D eigenvalue weighted by Gasteiger charge is -2.07. The number of nitrogens with two attached hydrogens (primary N) is 1. The van der Waals surface area contributed by atoms with E-state index < -0.39 is 13.0 Å². The van der Waals surface area contributed by atoms with Gasteiger partial charge in [0.05, 0.1) is 6.61 Å². The van der Waals surface area contributed by atoms with E-state index in [1.807, 2.05) is 0 Å². The van der Waals surface area contributed by atoms with Gasteiger partial charge in [-0.25, -0.2) is 8.78 Å². The SMILES string of the molecule is N/C(=N/O)c1ccc(COCC(F)F)c(Cl)c1. The van der Waals surface area contributed by atoms with Gasteiger partial charge in [0, 0.05) is 10.6 Å².